The molecule has 2 heterocycles. The van der Waals surface area contributed by atoms with E-state index in [4.69, 9.17) is 9.47 Å². The Hall–Kier alpha value is -2.97. The maximum Gasteiger partial charge on any atom is 0.244 e. The zero-order chi connectivity index (χ0) is 19.3. The average Bonchev–Trinajstić information content (AvgIpc) is 2.72. The standard InChI is InChI=1S/C19H19N3O4S/c1-25-16-3-4-18(26-2)19(12-16)27(23,24)22-13-14-5-10-21-17(11-14)15-6-8-20-9-7-15/h3-12,22H,13H2,1-2H3. The lowest BCUT2D eigenvalue weighted by Gasteiger charge is -2.12. The number of hydrogen-bond donors (Lipinski definition) is 1. The van der Waals surface area contributed by atoms with Crippen LogP contribution in [0.1, 0.15) is 5.56 Å². The summed E-state index contributed by atoms with van der Waals surface area (Å²) in [5.41, 5.74) is 2.43. The fourth-order valence-corrected chi connectivity index (χ4v) is 3.71. The predicted molar refractivity (Wildman–Crippen MR) is 101 cm³/mol. The van der Waals surface area contributed by atoms with E-state index in [1.54, 1.807) is 36.8 Å². The molecule has 1 N–H and O–H groups in total. The Morgan fingerprint density at radius 1 is 0.963 bits per heavy atom. The van der Waals surface area contributed by atoms with Gasteiger partial charge in [0.25, 0.3) is 0 Å². The minimum absolute atomic E-state index is 0.0211. The first-order chi connectivity index (χ1) is 13.0. The zero-order valence-electron chi connectivity index (χ0n) is 14.9. The Labute approximate surface area is 158 Å². The lowest BCUT2D eigenvalue weighted by Crippen LogP contribution is -2.24. The largest absolute Gasteiger partial charge is 0.497 e. The Morgan fingerprint density at radius 3 is 2.44 bits per heavy atom. The van der Waals surface area contributed by atoms with Crippen LogP contribution in [0.15, 0.2) is 66.0 Å². The minimum atomic E-state index is -3.80. The summed E-state index contributed by atoms with van der Waals surface area (Å²) in [6.45, 7) is 0.114. The van der Waals surface area contributed by atoms with Crippen LogP contribution in [0.5, 0.6) is 11.5 Å². The smallest absolute Gasteiger partial charge is 0.244 e. The highest BCUT2D eigenvalue weighted by Crippen LogP contribution is 2.28. The number of ether oxygens (including phenoxy) is 2. The van der Waals surface area contributed by atoms with Gasteiger partial charge in [-0.1, -0.05) is 0 Å². The summed E-state index contributed by atoms with van der Waals surface area (Å²) < 4.78 is 38.4. The third-order valence-corrected chi connectivity index (χ3v) is 5.35. The Kier molecular flexibility index (Phi) is 5.68. The van der Waals surface area contributed by atoms with E-state index in [9.17, 15) is 8.42 Å². The van der Waals surface area contributed by atoms with Gasteiger partial charge >= 0.3 is 0 Å². The van der Waals surface area contributed by atoms with E-state index in [-0.39, 0.29) is 17.2 Å². The Bertz CT molecular complexity index is 1020. The molecule has 0 aliphatic rings. The van der Waals surface area contributed by atoms with E-state index in [2.05, 4.69) is 14.7 Å². The van der Waals surface area contributed by atoms with Gasteiger partial charge < -0.3 is 9.47 Å². The van der Waals surface area contributed by atoms with E-state index >= 15 is 0 Å². The molecular weight excluding hydrogens is 366 g/mol. The molecule has 0 aliphatic carbocycles. The van der Waals surface area contributed by atoms with E-state index in [1.807, 2.05) is 18.2 Å². The maximum absolute atomic E-state index is 12.7. The molecule has 3 rings (SSSR count). The first-order valence-electron chi connectivity index (χ1n) is 8.10. The first-order valence-corrected chi connectivity index (χ1v) is 9.59. The Morgan fingerprint density at radius 2 is 1.74 bits per heavy atom. The molecule has 3 aromatic rings. The van der Waals surface area contributed by atoms with Crippen LogP contribution >= 0.6 is 0 Å². The van der Waals surface area contributed by atoms with Crippen molar-refractivity contribution >= 4 is 10.0 Å². The van der Waals surface area contributed by atoms with Crippen LogP contribution in [-0.2, 0) is 16.6 Å². The summed E-state index contributed by atoms with van der Waals surface area (Å²) >= 11 is 0. The normalized spacial score (nSPS) is 11.2. The molecule has 8 heteroatoms. The van der Waals surface area contributed by atoms with Gasteiger partial charge in [-0.3, -0.25) is 9.97 Å². The monoisotopic (exact) mass is 385 g/mol. The van der Waals surface area contributed by atoms with E-state index in [1.165, 1.54) is 20.3 Å². The highest BCUT2D eigenvalue weighted by molar-refractivity contribution is 7.89. The average molecular weight is 385 g/mol. The van der Waals surface area contributed by atoms with Crippen LogP contribution in [0.3, 0.4) is 0 Å². The molecule has 7 nitrogen and oxygen atoms in total. The van der Waals surface area contributed by atoms with Gasteiger partial charge in [0, 0.05) is 36.8 Å². The van der Waals surface area contributed by atoms with Crippen LogP contribution in [0.25, 0.3) is 11.3 Å². The number of nitrogens with one attached hydrogen (secondary N) is 1. The first kappa shape index (κ1) is 18.8. The molecule has 0 saturated carbocycles. The molecule has 0 bridgehead atoms. The fourth-order valence-electron chi connectivity index (χ4n) is 2.51. The zero-order valence-corrected chi connectivity index (χ0v) is 15.7. The molecule has 0 fully saturated rings. The van der Waals surface area contributed by atoms with Crippen molar-refractivity contribution in [2.45, 2.75) is 11.4 Å². The fraction of sp³-hybridized carbons (Fsp3) is 0.158. The highest BCUT2D eigenvalue weighted by Gasteiger charge is 2.20. The molecular formula is C19H19N3O4S. The van der Waals surface area contributed by atoms with Gasteiger partial charge in [-0.25, -0.2) is 13.1 Å². The second kappa shape index (κ2) is 8.15. The number of pyridine rings is 2. The summed E-state index contributed by atoms with van der Waals surface area (Å²) in [7, 11) is -0.900. The molecule has 0 saturated heterocycles. The van der Waals surface area contributed by atoms with Gasteiger partial charge in [-0.05, 0) is 42.0 Å². The van der Waals surface area contributed by atoms with Crippen molar-refractivity contribution in [2.24, 2.45) is 0 Å². The van der Waals surface area contributed by atoms with Crippen molar-refractivity contribution in [1.82, 2.24) is 14.7 Å². The number of benzene rings is 1. The molecule has 27 heavy (non-hydrogen) atoms. The van der Waals surface area contributed by atoms with Crippen molar-refractivity contribution in [3.63, 3.8) is 0 Å². The number of rotatable bonds is 7. The SMILES string of the molecule is COc1ccc(OC)c(S(=O)(=O)NCc2ccnc(-c3ccncc3)c2)c1. The quantitative estimate of drug-likeness (QED) is 0.672. The maximum atomic E-state index is 12.7. The van der Waals surface area contributed by atoms with E-state index < -0.39 is 10.0 Å². The third kappa shape index (κ3) is 4.42. The predicted octanol–water partition coefficient (Wildman–Crippen LogP) is 2.64. The van der Waals surface area contributed by atoms with E-state index in [0.717, 1.165) is 16.8 Å². The summed E-state index contributed by atoms with van der Waals surface area (Å²) in [6, 6.07) is 11.9. The van der Waals surface area contributed by atoms with Crippen molar-refractivity contribution < 1.29 is 17.9 Å². The van der Waals surface area contributed by atoms with Crippen LogP contribution in [0.2, 0.25) is 0 Å². The van der Waals surface area contributed by atoms with E-state index in [0.29, 0.717) is 5.75 Å². The van der Waals surface area contributed by atoms with Gasteiger partial charge in [0.1, 0.15) is 16.4 Å². The van der Waals surface area contributed by atoms with Crippen LogP contribution < -0.4 is 14.2 Å². The van der Waals surface area contributed by atoms with Gasteiger partial charge in [0.2, 0.25) is 10.0 Å². The number of hydrogen-bond acceptors (Lipinski definition) is 6. The molecule has 0 atom stereocenters. The number of sulfonamides is 1. The minimum Gasteiger partial charge on any atom is -0.497 e. The highest BCUT2D eigenvalue weighted by atomic mass is 32.2. The third-order valence-electron chi connectivity index (χ3n) is 3.93. The van der Waals surface area contributed by atoms with Crippen LogP contribution in [0, 0.1) is 0 Å². The molecule has 0 spiro atoms. The van der Waals surface area contributed by atoms with Gasteiger partial charge in [-0.15, -0.1) is 0 Å². The van der Waals surface area contributed by atoms with Crippen LogP contribution in [-0.4, -0.2) is 32.6 Å². The van der Waals surface area contributed by atoms with Gasteiger partial charge in [-0.2, -0.15) is 0 Å². The van der Waals surface area contributed by atoms with Gasteiger partial charge in [0.05, 0.1) is 19.9 Å². The topological polar surface area (TPSA) is 90.4 Å². The van der Waals surface area contributed by atoms with Crippen molar-refractivity contribution in [3.8, 4) is 22.8 Å². The molecule has 0 aliphatic heterocycles. The second-order valence-corrected chi connectivity index (χ2v) is 7.36. The summed E-state index contributed by atoms with van der Waals surface area (Å²) in [5.74, 6) is 0.676. The Balaban J connectivity index is 1.82. The van der Waals surface area contributed by atoms with Crippen LogP contribution in [0.4, 0.5) is 0 Å². The van der Waals surface area contributed by atoms with Crippen molar-refractivity contribution in [3.05, 3.63) is 66.6 Å². The summed E-state index contributed by atoms with van der Waals surface area (Å²) in [4.78, 5) is 8.33. The lowest BCUT2D eigenvalue weighted by molar-refractivity contribution is 0.392. The molecule has 2 aromatic heterocycles. The second-order valence-electron chi connectivity index (χ2n) is 5.63. The summed E-state index contributed by atoms with van der Waals surface area (Å²) in [6.07, 6.45) is 5.01. The molecule has 0 amide bonds. The molecule has 0 radical (unpaired) electrons. The van der Waals surface area contributed by atoms with Gasteiger partial charge in [0.15, 0.2) is 0 Å². The summed E-state index contributed by atoms with van der Waals surface area (Å²) in [5, 5.41) is 0. The lowest BCUT2D eigenvalue weighted by atomic mass is 10.1. The molecule has 0 unspecified atom stereocenters. The number of aromatic nitrogens is 2. The number of methoxy groups -OCH3 is 2. The van der Waals surface area contributed by atoms with Crippen molar-refractivity contribution in [2.75, 3.05) is 14.2 Å². The molecule has 140 valence electrons. The molecule has 1 aromatic carbocycles. The van der Waals surface area contributed by atoms with Crippen molar-refractivity contribution in [1.29, 1.82) is 0 Å². The number of nitrogens with zero attached hydrogens (tertiary/aromatic N) is 2.